The van der Waals surface area contributed by atoms with E-state index in [1.165, 1.54) is 0 Å². The highest BCUT2D eigenvalue weighted by molar-refractivity contribution is 7.91. The van der Waals surface area contributed by atoms with Crippen molar-refractivity contribution < 1.29 is 13.2 Å². The van der Waals surface area contributed by atoms with Crippen molar-refractivity contribution in [3.63, 3.8) is 0 Å². The Morgan fingerprint density at radius 3 is 3.00 bits per heavy atom. The maximum absolute atomic E-state index is 11.6. The average Bonchev–Trinajstić information content (AvgIpc) is 2.94. The third-order valence-corrected chi connectivity index (χ3v) is 4.93. The molecule has 0 bridgehead atoms. The zero-order chi connectivity index (χ0) is 14.6. The number of aromatic nitrogens is 3. The average molecular weight is 301 g/mol. The maximum atomic E-state index is 11.6. The predicted octanol–water partition coefficient (Wildman–Crippen LogP) is 0.244. The highest BCUT2D eigenvalue weighted by atomic mass is 32.2. The fraction of sp³-hybridized carbons (Fsp3) is 0.727. The fourth-order valence-electron chi connectivity index (χ4n) is 2.10. The van der Waals surface area contributed by atoms with Crippen LogP contribution >= 0.6 is 0 Å². The number of urea groups is 1. The van der Waals surface area contributed by atoms with Crippen LogP contribution in [0.15, 0.2) is 6.33 Å². The number of carbonyl (C=O) groups excluding carboxylic acids is 1. The summed E-state index contributed by atoms with van der Waals surface area (Å²) in [6.45, 7) is 3.12. The predicted molar refractivity (Wildman–Crippen MR) is 74.1 cm³/mol. The van der Waals surface area contributed by atoms with E-state index in [1.54, 1.807) is 11.0 Å². The summed E-state index contributed by atoms with van der Waals surface area (Å²) in [7, 11) is -2.90. The maximum Gasteiger partial charge on any atom is 0.321 e. The van der Waals surface area contributed by atoms with E-state index in [2.05, 4.69) is 20.7 Å². The summed E-state index contributed by atoms with van der Waals surface area (Å²) in [6, 6.07) is -0.413. The number of nitrogens with one attached hydrogen (secondary N) is 2. The van der Waals surface area contributed by atoms with Crippen LogP contribution in [0, 0.1) is 5.92 Å². The Morgan fingerprint density at radius 1 is 1.55 bits per heavy atom. The molecule has 1 unspecified atom stereocenters. The van der Waals surface area contributed by atoms with Gasteiger partial charge in [-0.2, -0.15) is 0 Å². The molecule has 2 rings (SSSR count). The molecule has 2 heterocycles. The van der Waals surface area contributed by atoms with Crippen LogP contribution in [0.4, 0.5) is 10.7 Å². The highest BCUT2D eigenvalue weighted by Crippen LogP contribution is 2.17. The SMILES string of the molecule is CCCn1cnc(NC(=O)NCC2CCS(=O)(=O)C2)n1. The first-order valence-electron chi connectivity index (χ1n) is 6.63. The summed E-state index contributed by atoms with van der Waals surface area (Å²) in [5.74, 6) is 0.604. The Labute approximate surface area is 117 Å². The number of anilines is 1. The molecule has 8 nitrogen and oxygen atoms in total. The number of carbonyl (C=O) groups is 1. The molecule has 0 radical (unpaired) electrons. The van der Waals surface area contributed by atoms with Crippen LogP contribution in [0.1, 0.15) is 19.8 Å². The lowest BCUT2D eigenvalue weighted by molar-refractivity contribution is 0.250. The van der Waals surface area contributed by atoms with E-state index < -0.39 is 15.9 Å². The van der Waals surface area contributed by atoms with Gasteiger partial charge >= 0.3 is 6.03 Å². The Hall–Kier alpha value is -1.64. The van der Waals surface area contributed by atoms with Gasteiger partial charge in [-0.1, -0.05) is 6.92 Å². The van der Waals surface area contributed by atoms with Crippen LogP contribution in [0.25, 0.3) is 0 Å². The van der Waals surface area contributed by atoms with Crippen molar-refractivity contribution >= 4 is 21.8 Å². The summed E-state index contributed by atoms with van der Waals surface area (Å²) in [6.07, 6.45) is 3.10. The van der Waals surface area contributed by atoms with Gasteiger partial charge in [0.1, 0.15) is 6.33 Å². The largest absolute Gasteiger partial charge is 0.337 e. The first kappa shape index (κ1) is 14.8. The van der Waals surface area contributed by atoms with Crippen molar-refractivity contribution in [3.05, 3.63) is 6.33 Å². The van der Waals surface area contributed by atoms with Gasteiger partial charge in [-0.3, -0.25) is 10.00 Å². The van der Waals surface area contributed by atoms with Gasteiger partial charge < -0.3 is 5.32 Å². The fourth-order valence-corrected chi connectivity index (χ4v) is 3.97. The van der Waals surface area contributed by atoms with Gasteiger partial charge in [0, 0.05) is 13.1 Å². The Kier molecular flexibility index (Phi) is 4.58. The third kappa shape index (κ3) is 4.19. The lowest BCUT2D eigenvalue weighted by Crippen LogP contribution is -2.33. The van der Waals surface area contributed by atoms with Crippen molar-refractivity contribution in [2.75, 3.05) is 23.4 Å². The molecule has 1 aliphatic rings. The Bertz CT molecular complexity index is 568. The second-order valence-corrected chi connectivity index (χ2v) is 7.16. The van der Waals surface area contributed by atoms with E-state index >= 15 is 0 Å². The first-order valence-corrected chi connectivity index (χ1v) is 8.45. The lowest BCUT2D eigenvalue weighted by Gasteiger charge is -2.09. The van der Waals surface area contributed by atoms with Crippen molar-refractivity contribution in [1.82, 2.24) is 20.1 Å². The number of aryl methyl sites for hydroxylation is 1. The standard InChI is InChI=1S/C11H19N5O3S/c1-2-4-16-8-13-10(15-16)14-11(17)12-6-9-3-5-20(18,19)7-9/h8-9H,2-7H2,1H3,(H2,12,14,15,17). The van der Waals surface area contributed by atoms with E-state index in [4.69, 9.17) is 0 Å². The van der Waals surface area contributed by atoms with Crippen LogP contribution in [0.5, 0.6) is 0 Å². The molecule has 0 spiro atoms. The number of nitrogens with zero attached hydrogens (tertiary/aromatic N) is 3. The van der Waals surface area contributed by atoms with Crippen LogP contribution in [-0.4, -0.2) is 47.3 Å². The smallest absolute Gasteiger partial charge is 0.321 e. The van der Waals surface area contributed by atoms with Crippen molar-refractivity contribution in [2.45, 2.75) is 26.3 Å². The van der Waals surface area contributed by atoms with Gasteiger partial charge in [0.2, 0.25) is 5.95 Å². The zero-order valence-electron chi connectivity index (χ0n) is 11.4. The molecule has 0 aromatic carbocycles. The molecular formula is C11H19N5O3S. The molecule has 2 amide bonds. The van der Waals surface area contributed by atoms with E-state index in [0.717, 1.165) is 13.0 Å². The molecule has 1 saturated heterocycles. The number of amides is 2. The molecule has 0 aliphatic carbocycles. The van der Waals surface area contributed by atoms with E-state index in [0.29, 0.717) is 13.0 Å². The van der Waals surface area contributed by atoms with Crippen LogP contribution in [-0.2, 0) is 16.4 Å². The minimum atomic E-state index is -2.90. The van der Waals surface area contributed by atoms with Crippen molar-refractivity contribution in [2.24, 2.45) is 5.92 Å². The minimum absolute atomic E-state index is 0.00337. The van der Waals surface area contributed by atoms with Crippen LogP contribution in [0.3, 0.4) is 0 Å². The first-order chi connectivity index (χ1) is 9.48. The molecular weight excluding hydrogens is 282 g/mol. The summed E-state index contributed by atoms with van der Waals surface area (Å²) in [4.78, 5) is 15.6. The Morgan fingerprint density at radius 2 is 2.35 bits per heavy atom. The molecule has 1 fully saturated rings. The van der Waals surface area contributed by atoms with E-state index in [9.17, 15) is 13.2 Å². The van der Waals surface area contributed by atoms with Gasteiger partial charge in [0.05, 0.1) is 11.5 Å². The van der Waals surface area contributed by atoms with Crippen LogP contribution in [0.2, 0.25) is 0 Å². The molecule has 20 heavy (non-hydrogen) atoms. The Balaban J connectivity index is 1.75. The molecule has 112 valence electrons. The van der Waals surface area contributed by atoms with Gasteiger partial charge in [0.15, 0.2) is 9.84 Å². The number of hydrogen-bond acceptors (Lipinski definition) is 5. The quantitative estimate of drug-likeness (QED) is 0.810. The van der Waals surface area contributed by atoms with E-state index in [-0.39, 0.29) is 23.4 Å². The molecule has 1 aromatic heterocycles. The van der Waals surface area contributed by atoms with Crippen molar-refractivity contribution in [3.8, 4) is 0 Å². The number of sulfone groups is 1. The summed E-state index contributed by atoms with van der Waals surface area (Å²) in [5, 5.41) is 9.25. The molecule has 9 heteroatoms. The molecule has 1 aromatic rings. The monoisotopic (exact) mass is 301 g/mol. The lowest BCUT2D eigenvalue weighted by atomic mass is 10.1. The summed E-state index contributed by atoms with van der Waals surface area (Å²) in [5.41, 5.74) is 0. The number of hydrogen-bond donors (Lipinski definition) is 2. The molecule has 0 saturated carbocycles. The molecule has 1 atom stereocenters. The van der Waals surface area contributed by atoms with E-state index in [1.807, 2.05) is 6.92 Å². The third-order valence-electron chi connectivity index (χ3n) is 3.09. The molecule has 1 aliphatic heterocycles. The minimum Gasteiger partial charge on any atom is -0.337 e. The highest BCUT2D eigenvalue weighted by Gasteiger charge is 2.27. The van der Waals surface area contributed by atoms with Crippen LogP contribution < -0.4 is 10.6 Å². The van der Waals surface area contributed by atoms with Gasteiger partial charge in [-0.05, 0) is 18.8 Å². The van der Waals surface area contributed by atoms with Gasteiger partial charge in [-0.25, -0.2) is 18.2 Å². The van der Waals surface area contributed by atoms with Gasteiger partial charge in [-0.15, -0.1) is 5.10 Å². The second kappa shape index (κ2) is 6.21. The number of rotatable bonds is 5. The summed E-state index contributed by atoms with van der Waals surface area (Å²) >= 11 is 0. The second-order valence-electron chi connectivity index (χ2n) is 4.94. The van der Waals surface area contributed by atoms with Gasteiger partial charge in [0.25, 0.3) is 0 Å². The zero-order valence-corrected chi connectivity index (χ0v) is 12.2. The topological polar surface area (TPSA) is 106 Å². The van der Waals surface area contributed by atoms with Crippen molar-refractivity contribution in [1.29, 1.82) is 0 Å². The summed E-state index contributed by atoms with van der Waals surface area (Å²) < 4.78 is 24.2. The normalized spacial score (nSPS) is 20.8. The molecule has 2 N–H and O–H groups in total.